The first kappa shape index (κ1) is 15.0. The van der Waals surface area contributed by atoms with E-state index >= 15 is 0 Å². The van der Waals surface area contributed by atoms with Crippen LogP contribution in [-0.2, 0) is 11.3 Å². The van der Waals surface area contributed by atoms with Gasteiger partial charge in [-0.3, -0.25) is 4.79 Å². The maximum absolute atomic E-state index is 12.1. The summed E-state index contributed by atoms with van der Waals surface area (Å²) in [6.07, 6.45) is 1.64. The molecule has 21 heavy (non-hydrogen) atoms. The molecule has 0 spiro atoms. The Hall–Kier alpha value is -2.38. The fourth-order valence-electron chi connectivity index (χ4n) is 1.80. The summed E-state index contributed by atoms with van der Waals surface area (Å²) < 4.78 is 0. The molecule has 0 unspecified atom stereocenters. The molecule has 0 aliphatic heterocycles. The maximum Gasteiger partial charge on any atom is 0.262 e. The van der Waals surface area contributed by atoms with Gasteiger partial charge >= 0.3 is 0 Å². The van der Waals surface area contributed by atoms with Crippen LogP contribution in [0.4, 0.5) is 0 Å². The second-order valence-electron chi connectivity index (χ2n) is 4.81. The second-order valence-corrected chi connectivity index (χ2v) is 5.75. The molecule has 0 saturated heterocycles. The van der Waals surface area contributed by atoms with Crippen LogP contribution in [0.2, 0.25) is 0 Å². The largest absolute Gasteiger partial charge is 0.347 e. The van der Waals surface area contributed by atoms with Crippen LogP contribution < -0.4 is 5.32 Å². The zero-order valence-electron chi connectivity index (χ0n) is 12.0. The predicted molar refractivity (Wildman–Crippen MR) is 85.7 cm³/mol. The van der Waals surface area contributed by atoms with Crippen molar-refractivity contribution in [1.82, 2.24) is 5.32 Å². The van der Waals surface area contributed by atoms with Gasteiger partial charge in [0, 0.05) is 11.4 Å². The normalized spacial score (nSPS) is 11.0. The van der Waals surface area contributed by atoms with E-state index in [2.05, 4.69) is 5.32 Å². The third-order valence-corrected chi connectivity index (χ3v) is 4.08. The molecule has 0 saturated carbocycles. The Morgan fingerprint density at radius 3 is 2.57 bits per heavy atom. The zero-order valence-corrected chi connectivity index (χ0v) is 12.8. The molecule has 1 heterocycles. The first-order valence-electron chi connectivity index (χ1n) is 6.60. The molecular weight excluding hydrogens is 280 g/mol. The van der Waals surface area contributed by atoms with Crippen LogP contribution in [0.1, 0.15) is 21.6 Å². The van der Waals surface area contributed by atoms with E-state index in [1.165, 1.54) is 16.9 Å². The van der Waals surface area contributed by atoms with Crippen molar-refractivity contribution in [1.29, 1.82) is 5.26 Å². The SMILES string of the molecule is Cc1ccc(CNC(=O)/C(C#N)=C\c2sccc2C)cc1. The molecule has 3 nitrogen and oxygen atoms in total. The van der Waals surface area contributed by atoms with Crippen molar-refractivity contribution >= 4 is 23.3 Å². The minimum Gasteiger partial charge on any atom is -0.347 e. The highest BCUT2D eigenvalue weighted by molar-refractivity contribution is 7.11. The van der Waals surface area contributed by atoms with Gasteiger partial charge < -0.3 is 5.32 Å². The van der Waals surface area contributed by atoms with Crippen LogP contribution in [-0.4, -0.2) is 5.91 Å². The molecular formula is C17H16N2OS. The molecule has 1 aromatic carbocycles. The average molecular weight is 296 g/mol. The molecule has 4 heteroatoms. The Kier molecular flexibility index (Phi) is 4.91. The summed E-state index contributed by atoms with van der Waals surface area (Å²) in [6, 6.07) is 11.9. The number of hydrogen-bond acceptors (Lipinski definition) is 3. The van der Waals surface area contributed by atoms with Crippen molar-refractivity contribution in [3.05, 3.63) is 62.9 Å². The Morgan fingerprint density at radius 1 is 1.29 bits per heavy atom. The number of carbonyl (C=O) groups excluding carboxylic acids is 1. The number of nitrogens with one attached hydrogen (secondary N) is 1. The second kappa shape index (κ2) is 6.87. The van der Waals surface area contributed by atoms with Crippen molar-refractivity contribution in [2.24, 2.45) is 0 Å². The smallest absolute Gasteiger partial charge is 0.262 e. The molecule has 1 amide bonds. The van der Waals surface area contributed by atoms with E-state index in [1.54, 1.807) is 6.08 Å². The van der Waals surface area contributed by atoms with Gasteiger partial charge in [0.2, 0.25) is 0 Å². The monoisotopic (exact) mass is 296 g/mol. The number of rotatable bonds is 4. The van der Waals surface area contributed by atoms with Crippen LogP contribution in [0.15, 0.2) is 41.3 Å². The summed E-state index contributed by atoms with van der Waals surface area (Å²) in [5, 5.41) is 13.9. The molecule has 0 aliphatic rings. The van der Waals surface area contributed by atoms with Gasteiger partial charge in [0.15, 0.2) is 0 Å². The van der Waals surface area contributed by atoms with Crippen LogP contribution >= 0.6 is 11.3 Å². The standard InChI is InChI=1S/C17H16N2OS/c1-12-3-5-14(6-4-12)11-19-17(20)15(10-18)9-16-13(2)7-8-21-16/h3-9H,11H2,1-2H3,(H,19,20)/b15-9-. The van der Waals surface area contributed by atoms with E-state index in [0.29, 0.717) is 6.54 Å². The molecule has 2 rings (SSSR count). The number of thiophene rings is 1. The van der Waals surface area contributed by atoms with Crippen LogP contribution in [0.3, 0.4) is 0 Å². The number of nitriles is 1. The molecule has 0 fully saturated rings. The lowest BCUT2D eigenvalue weighted by Gasteiger charge is -2.05. The summed E-state index contributed by atoms with van der Waals surface area (Å²) in [6.45, 7) is 4.39. The molecule has 1 aromatic heterocycles. The van der Waals surface area contributed by atoms with Crippen LogP contribution in [0.5, 0.6) is 0 Å². The first-order valence-corrected chi connectivity index (χ1v) is 7.48. The Morgan fingerprint density at radius 2 is 2.00 bits per heavy atom. The summed E-state index contributed by atoms with van der Waals surface area (Å²) in [7, 11) is 0. The van der Waals surface area contributed by atoms with Crippen molar-refractivity contribution in [2.45, 2.75) is 20.4 Å². The van der Waals surface area contributed by atoms with E-state index < -0.39 is 0 Å². The third kappa shape index (κ3) is 4.04. The van der Waals surface area contributed by atoms with E-state index in [4.69, 9.17) is 5.26 Å². The molecule has 0 atom stereocenters. The van der Waals surface area contributed by atoms with Crippen molar-refractivity contribution in [2.75, 3.05) is 0 Å². The third-order valence-electron chi connectivity index (χ3n) is 3.12. The minimum atomic E-state index is -0.342. The van der Waals surface area contributed by atoms with Gasteiger partial charge in [-0.15, -0.1) is 11.3 Å². The molecule has 1 N–H and O–H groups in total. The first-order chi connectivity index (χ1) is 10.1. The molecule has 0 radical (unpaired) electrons. The predicted octanol–water partition coefficient (Wildman–Crippen LogP) is 3.59. The van der Waals surface area contributed by atoms with Crippen molar-refractivity contribution < 1.29 is 4.79 Å². The summed E-state index contributed by atoms with van der Waals surface area (Å²) in [4.78, 5) is 13.0. The molecule has 106 valence electrons. The van der Waals surface area contributed by atoms with Gasteiger partial charge in [0.05, 0.1) is 0 Å². The van der Waals surface area contributed by atoms with Crippen LogP contribution in [0.25, 0.3) is 6.08 Å². The lowest BCUT2D eigenvalue weighted by atomic mass is 10.1. The van der Waals surface area contributed by atoms with E-state index in [0.717, 1.165) is 16.0 Å². The van der Waals surface area contributed by atoms with Gasteiger partial charge in [-0.05, 0) is 42.5 Å². The topological polar surface area (TPSA) is 52.9 Å². The zero-order chi connectivity index (χ0) is 15.2. The molecule has 2 aromatic rings. The fourth-order valence-corrected chi connectivity index (χ4v) is 2.65. The van der Waals surface area contributed by atoms with E-state index in [-0.39, 0.29) is 11.5 Å². The number of benzene rings is 1. The Labute approximate surface area is 128 Å². The van der Waals surface area contributed by atoms with Gasteiger partial charge in [0.1, 0.15) is 11.6 Å². The quantitative estimate of drug-likeness (QED) is 0.692. The number of nitrogens with zero attached hydrogens (tertiary/aromatic N) is 1. The molecule has 0 aliphatic carbocycles. The van der Waals surface area contributed by atoms with E-state index in [1.807, 2.05) is 55.6 Å². The number of amides is 1. The average Bonchev–Trinajstić information content (AvgIpc) is 2.89. The van der Waals surface area contributed by atoms with Gasteiger partial charge in [0.25, 0.3) is 5.91 Å². The highest BCUT2D eigenvalue weighted by Gasteiger charge is 2.09. The number of hydrogen-bond donors (Lipinski definition) is 1. The summed E-state index contributed by atoms with van der Waals surface area (Å²) >= 11 is 1.52. The van der Waals surface area contributed by atoms with E-state index in [9.17, 15) is 4.79 Å². The van der Waals surface area contributed by atoms with Crippen molar-refractivity contribution in [3.63, 3.8) is 0 Å². The molecule has 0 bridgehead atoms. The highest BCUT2D eigenvalue weighted by Crippen LogP contribution is 2.19. The Balaban J connectivity index is 2.04. The van der Waals surface area contributed by atoms with Gasteiger partial charge in [-0.2, -0.15) is 5.26 Å². The van der Waals surface area contributed by atoms with Crippen molar-refractivity contribution in [3.8, 4) is 6.07 Å². The maximum atomic E-state index is 12.1. The highest BCUT2D eigenvalue weighted by atomic mass is 32.1. The van der Waals surface area contributed by atoms with Gasteiger partial charge in [-0.1, -0.05) is 29.8 Å². The van der Waals surface area contributed by atoms with Crippen LogP contribution in [0, 0.1) is 25.2 Å². The number of carbonyl (C=O) groups is 1. The number of aryl methyl sites for hydroxylation is 2. The van der Waals surface area contributed by atoms with Gasteiger partial charge in [-0.25, -0.2) is 0 Å². The minimum absolute atomic E-state index is 0.132. The summed E-state index contributed by atoms with van der Waals surface area (Å²) in [5.74, 6) is -0.342. The lowest BCUT2D eigenvalue weighted by molar-refractivity contribution is -0.117. The lowest BCUT2D eigenvalue weighted by Crippen LogP contribution is -2.23. The fraction of sp³-hybridized carbons (Fsp3) is 0.176. The Bertz CT molecular complexity index is 705. The summed E-state index contributed by atoms with van der Waals surface area (Å²) in [5.41, 5.74) is 3.39.